The van der Waals surface area contributed by atoms with Gasteiger partial charge in [0, 0.05) is 16.3 Å². The molecule has 2 N–H and O–H groups in total. The molecule has 0 bridgehead atoms. The van der Waals surface area contributed by atoms with E-state index in [-0.39, 0.29) is 11.5 Å². The van der Waals surface area contributed by atoms with Crippen LogP contribution in [0.25, 0.3) is 0 Å². The lowest BCUT2D eigenvalue weighted by Gasteiger charge is -2.10. The molecule has 0 aromatic heterocycles. The molecule has 0 saturated carbocycles. The van der Waals surface area contributed by atoms with Crippen molar-refractivity contribution in [1.29, 1.82) is 0 Å². The number of benzene rings is 3. The summed E-state index contributed by atoms with van der Waals surface area (Å²) in [4.78, 5) is 36.4. The quantitative estimate of drug-likeness (QED) is 0.533. The molecule has 0 aliphatic carbocycles. The van der Waals surface area contributed by atoms with Crippen molar-refractivity contribution in [2.75, 3.05) is 24.4 Å². The second-order valence-electron chi connectivity index (χ2n) is 6.37. The number of hydrogen-bond acceptors (Lipinski definition) is 5. The largest absolute Gasteiger partial charge is 0.495 e. The van der Waals surface area contributed by atoms with Crippen LogP contribution in [0.15, 0.2) is 72.8 Å². The van der Waals surface area contributed by atoms with Gasteiger partial charge in [0.1, 0.15) is 5.75 Å². The Balaban J connectivity index is 1.53. The maximum Gasteiger partial charge on any atom is 0.338 e. The van der Waals surface area contributed by atoms with Crippen molar-refractivity contribution < 1.29 is 23.9 Å². The molecule has 0 aliphatic heterocycles. The van der Waals surface area contributed by atoms with Crippen molar-refractivity contribution in [2.45, 2.75) is 0 Å². The first kappa shape index (κ1) is 21.9. The first-order chi connectivity index (χ1) is 15.0. The molecule has 0 heterocycles. The minimum atomic E-state index is -0.652. The Bertz CT molecular complexity index is 1100. The van der Waals surface area contributed by atoms with Crippen LogP contribution in [-0.4, -0.2) is 31.5 Å². The molecule has 0 radical (unpaired) electrons. The van der Waals surface area contributed by atoms with Gasteiger partial charge in [-0.3, -0.25) is 9.59 Å². The SMILES string of the molecule is COc1ccccc1NC(=O)c1ccc(NC(=O)COC(=O)c2cccc(Cl)c2)cc1. The molecule has 158 valence electrons. The topological polar surface area (TPSA) is 93.7 Å². The molecule has 0 atom stereocenters. The number of hydrogen-bond donors (Lipinski definition) is 2. The first-order valence-electron chi connectivity index (χ1n) is 9.23. The van der Waals surface area contributed by atoms with E-state index in [2.05, 4.69) is 10.6 Å². The number of methoxy groups -OCH3 is 1. The van der Waals surface area contributed by atoms with Crippen molar-refractivity contribution in [2.24, 2.45) is 0 Å². The fraction of sp³-hybridized carbons (Fsp3) is 0.0870. The fourth-order valence-electron chi connectivity index (χ4n) is 2.67. The molecule has 0 unspecified atom stereocenters. The molecule has 8 heteroatoms. The predicted octanol–water partition coefficient (Wildman–Crippen LogP) is 4.40. The predicted molar refractivity (Wildman–Crippen MR) is 118 cm³/mol. The monoisotopic (exact) mass is 438 g/mol. The number of esters is 1. The van der Waals surface area contributed by atoms with E-state index >= 15 is 0 Å². The third-order valence-corrected chi connectivity index (χ3v) is 4.42. The van der Waals surface area contributed by atoms with Gasteiger partial charge in [-0.15, -0.1) is 0 Å². The van der Waals surface area contributed by atoms with Gasteiger partial charge in [0.25, 0.3) is 11.8 Å². The number of ether oxygens (including phenoxy) is 2. The molecule has 3 aromatic rings. The van der Waals surface area contributed by atoms with Crippen LogP contribution in [0.2, 0.25) is 5.02 Å². The van der Waals surface area contributed by atoms with Crippen LogP contribution in [0.3, 0.4) is 0 Å². The normalized spacial score (nSPS) is 10.1. The van der Waals surface area contributed by atoms with Gasteiger partial charge in [0.15, 0.2) is 6.61 Å². The molecule has 3 aromatic carbocycles. The Kier molecular flexibility index (Phi) is 7.24. The Hall–Kier alpha value is -3.84. The average molecular weight is 439 g/mol. The van der Waals surface area contributed by atoms with E-state index in [1.165, 1.54) is 13.2 Å². The third kappa shape index (κ3) is 6.07. The number of rotatable bonds is 7. The van der Waals surface area contributed by atoms with Gasteiger partial charge in [0.05, 0.1) is 18.4 Å². The van der Waals surface area contributed by atoms with Gasteiger partial charge in [0.2, 0.25) is 0 Å². The van der Waals surface area contributed by atoms with Crippen molar-refractivity contribution >= 4 is 40.8 Å². The second kappa shape index (κ2) is 10.3. The summed E-state index contributed by atoms with van der Waals surface area (Å²) in [5.41, 5.74) is 1.66. The summed E-state index contributed by atoms with van der Waals surface area (Å²) in [7, 11) is 1.52. The molecule has 2 amide bonds. The highest BCUT2D eigenvalue weighted by atomic mass is 35.5. The van der Waals surface area contributed by atoms with E-state index in [0.29, 0.717) is 27.7 Å². The lowest BCUT2D eigenvalue weighted by Crippen LogP contribution is -2.21. The molecule has 0 saturated heterocycles. The zero-order valence-electron chi connectivity index (χ0n) is 16.6. The highest BCUT2D eigenvalue weighted by Gasteiger charge is 2.12. The van der Waals surface area contributed by atoms with Crippen LogP contribution in [0.4, 0.5) is 11.4 Å². The Morgan fingerprint density at radius 3 is 2.32 bits per heavy atom. The van der Waals surface area contributed by atoms with Crippen LogP contribution in [0.1, 0.15) is 20.7 Å². The van der Waals surface area contributed by atoms with Crippen molar-refractivity contribution in [3.63, 3.8) is 0 Å². The summed E-state index contributed by atoms with van der Waals surface area (Å²) in [6.07, 6.45) is 0. The summed E-state index contributed by atoms with van der Waals surface area (Å²) in [5, 5.41) is 5.77. The number of amides is 2. The van der Waals surface area contributed by atoms with E-state index in [1.54, 1.807) is 66.7 Å². The standard InChI is InChI=1S/C23H19ClN2O5/c1-30-20-8-3-2-7-19(20)26-22(28)15-9-11-18(12-10-15)25-21(27)14-31-23(29)16-5-4-6-17(24)13-16/h2-13H,14H2,1H3,(H,25,27)(H,26,28). The van der Waals surface area contributed by atoms with Gasteiger partial charge < -0.3 is 20.1 Å². The molecule has 0 spiro atoms. The molecule has 7 nitrogen and oxygen atoms in total. The molecule has 31 heavy (non-hydrogen) atoms. The summed E-state index contributed by atoms with van der Waals surface area (Å²) in [6.45, 7) is -0.457. The molecular formula is C23H19ClN2O5. The lowest BCUT2D eigenvalue weighted by atomic mass is 10.2. The van der Waals surface area contributed by atoms with Crippen LogP contribution >= 0.6 is 11.6 Å². The van der Waals surface area contributed by atoms with E-state index in [4.69, 9.17) is 21.1 Å². The van der Waals surface area contributed by atoms with Crippen molar-refractivity contribution in [1.82, 2.24) is 0 Å². The van der Waals surface area contributed by atoms with Gasteiger partial charge >= 0.3 is 5.97 Å². The van der Waals surface area contributed by atoms with Gasteiger partial charge in [-0.2, -0.15) is 0 Å². The maximum atomic E-state index is 12.4. The Morgan fingerprint density at radius 1 is 0.871 bits per heavy atom. The number of carbonyl (C=O) groups is 3. The molecular weight excluding hydrogens is 420 g/mol. The summed E-state index contributed by atoms with van der Waals surface area (Å²) in [5.74, 6) is -0.938. The first-order valence-corrected chi connectivity index (χ1v) is 9.61. The van der Waals surface area contributed by atoms with Gasteiger partial charge in [-0.05, 0) is 54.6 Å². The highest BCUT2D eigenvalue weighted by Crippen LogP contribution is 2.24. The summed E-state index contributed by atoms with van der Waals surface area (Å²) < 4.78 is 10.2. The molecule has 3 rings (SSSR count). The second-order valence-corrected chi connectivity index (χ2v) is 6.80. The number of halogens is 1. The average Bonchev–Trinajstić information content (AvgIpc) is 2.78. The lowest BCUT2D eigenvalue weighted by molar-refractivity contribution is -0.119. The number of nitrogens with one attached hydrogen (secondary N) is 2. The van der Waals surface area contributed by atoms with Crippen LogP contribution in [0, 0.1) is 0 Å². The summed E-state index contributed by atoms with van der Waals surface area (Å²) in [6, 6.07) is 19.6. The molecule has 0 fully saturated rings. The van der Waals surface area contributed by atoms with E-state index in [0.717, 1.165) is 0 Å². The zero-order chi connectivity index (χ0) is 22.2. The van der Waals surface area contributed by atoms with Crippen LogP contribution < -0.4 is 15.4 Å². The van der Waals surface area contributed by atoms with E-state index in [9.17, 15) is 14.4 Å². The summed E-state index contributed by atoms with van der Waals surface area (Å²) >= 11 is 5.83. The van der Waals surface area contributed by atoms with Crippen molar-refractivity contribution in [3.8, 4) is 5.75 Å². The minimum Gasteiger partial charge on any atom is -0.495 e. The Morgan fingerprint density at radius 2 is 1.61 bits per heavy atom. The van der Waals surface area contributed by atoms with Crippen molar-refractivity contribution in [3.05, 3.63) is 88.9 Å². The van der Waals surface area contributed by atoms with Crippen LogP contribution in [0.5, 0.6) is 5.75 Å². The van der Waals surface area contributed by atoms with Crippen LogP contribution in [-0.2, 0) is 9.53 Å². The smallest absolute Gasteiger partial charge is 0.338 e. The zero-order valence-corrected chi connectivity index (χ0v) is 17.3. The molecule has 0 aliphatic rings. The van der Waals surface area contributed by atoms with E-state index in [1.807, 2.05) is 0 Å². The van der Waals surface area contributed by atoms with E-state index < -0.39 is 18.5 Å². The minimum absolute atomic E-state index is 0.255. The van der Waals surface area contributed by atoms with Gasteiger partial charge in [-0.1, -0.05) is 29.8 Å². The fourth-order valence-corrected chi connectivity index (χ4v) is 2.86. The van der Waals surface area contributed by atoms with Gasteiger partial charge in [-0.25, -0.2) is 4.79 Å². The third-order valence-electron chi connectivity index (χ3n) is 4.18. The number of carbonyl (C=O) groups excluding carboxylic acids is 3. The maximum absolute atomic E-state index is 12.4. The highest BCUT2D eigenvalue weighted by molar-refractivity contribution is 6.30. The Labute approximate surface area is 183 Å². The number of para-hydroxylation sites is 2. The number of anilines is 2.